The Hall–Kier alpha value is -0.580. The Bertz CT molecular complexity index is 134. The van der Waals surface area contributed by atoms with Crippen LogP contribution in [0.4, 0.5) is 0 Å². The summed E-state index contributed by atoms with van der Waals surface area (Å²) in [4.78, 5) is 0. The standard InChI is InChI=1S/C5H11N3O/c1-3-2-7-5(9)8-4(3)6/h2,4-5,7-9H,6H2,1H3. The van der Waals surface area contributed by atoms with E-state index >= 15 is 0 Å². The highest BCUT2D eigenvalue weighted by Gasteiger charge is 2.13. The summed E-state index contributed by atoms with van der Waals surface area (Å²) in [6, 6.07) is 0. The fraction of sp³-hybridized carbons (Fsp3) is 0.600. The number of nitrogens with two attached hydrogens (primary N) is 1. The molecule has 0 saturated carbocycles. The average molecular weight is 129 g/mol. The van der Waals surface area contributed by atoms with Crippen molar-refractivity contribution in [3.8, 4) is 0 Å². The van der Waals surface area contributed by atoms with Gasteiger partial charge in [0.15, 0.2) is 6.35 Å². The third-order valence-corrected chi connectivity index (χ3v) is 1.30. The van der Waals surface area contributed by atoms with E-state index in [4.69, 9.17) is 10.8 Å². The van der Waals surface area contributed by atoms with Crippen LogP contribution in [0.15, 0.2) is 11.8 Å². The Labute approximate surface area is 53.7 Å². The van der Waals surface area contributed by atoms with Gasteiger partial charge in [-0.1, -0.05) is 0 Å². The smallest absolute Gasteiger partial charge is 0.182 e. The van der Waals surface area contributed by atoms with Gasteiger partial charge in [-0.25, -0.2) is 0 Å². The first-order valence-electron chi connectivity index (χ1n) is 2.82. The van der Waals surface area contributed by atoms with Crippen molar-refractivity contribution in [3.05, 3.63) is 11.8 Å². The maximum absolute atomic E-state index is 8.85. The van der Waals surface area contributed by atoms with Crippen molar-refractivity contribution in [2.45, 2.75) is 19.4 Å². The van der Waals surface area contributed by atoms with Gasteiger partial charge in [-0.2, -0.15) is 0 Å². The topological polar surface area (TPSA) is 70.3 Å². The van der Waals surface area contributed by atoms with Gasteiger partial charge in [0.05, 0.1) is 6.17 Å². The monoisotopic (exact) mass is 129 g/mol. The lowest BCUT2D eigenvalue weighted by Crippen LogP contribution is -2.53. The Balaban J connectivity index is 2.56. The van der Waals surface area contributed by atoms with Crippen LogP contribution in [-0.2, 0) is 0 Å². The average Bonchev–Trinajstić information content (AvgIpc) is 1.80. The molecule has 0 fully saturated rings. The van der Waals surface area contributed by atoms with Crippen LogP contribution in [0.3, 0.4) is 0 Å². The van der Waals surface area contributed by atoms with E-state index in [9.17, 15) is 0 Å². The van der Waals surface area contributed by atoms with Gasteiger partial charge in [0.1, 0.15) is 0 Å². The van der Waals surface area contributed by atoms with Crippen LogP contribution in [0.1, 0.15) is 6.92 Å². The van der Waals surface area contributed by atoms with Crippen molar-refractivity contribution in [2.24, 2.45) is 5.73 Å². The van der Waals surface area contributed by atoms with E-state index in [1.54, 1.807) is 6.20 Å². The molecular weight excluding hydrogens is 118 g/mol. The predicted octanol–water partition coefficient (Wildman–Crippen LogP) is -1.36. The second-order valence-corrected chi connectivity index (χ2v) is 2.10. The van der Waals surface area contributed by atoms with Crippen molar-refractivity contribution in [1.29, 1.82) is 0 Å². The van der Waals surface area contributed by atoms with E-state index in [1.807, 2.05) is 6.92 Å². The molecule has 1 aliphatic heterocycles. The molecule has 52 valence electrons. The maximum atomic E-state index is 8.85. The van der Waals surface area contributed by atoms with Gasteiger partial charge in [0.2, 0.25) is 0 Å². The predicted molar refractivity (Wildman–Crippen MR) is 34.0 cm³/mol. The third kappa shape index (κ3) is 1.41. The number of hydrogen-bond acceptors (Lipinski definition) is 4. The quantitative estimate of drug-likeness (QED) is 0.326. The first kappa shape index (κ1) is 6.54. The third-order valence-electron chi connectivity index (χ3n) is 1.30. The molecule has 0 spiro atoms. The largest absolute Gasteiger partial charge is 0.361 e. The molecule has 1 aliphatic rings. The molecule has 4 nitrogen and oxygen atoms in total. The lowest BCUT2D eigenvalue weighted by Gasteiger charge is -2.24. The second kappa shape index (κ2) is 2.34. The molecule has 0 saturated heterocycles. The summed E-state index contributed by atoms with van der Waals surface area (Å²) >= 11 is 0. The van der Waals surface area contributed by atoms with E-state index in [0.717, 1.165) is 5.57 Å². The van der Waals surface area contributed by atoms with E-state index < -0.39 is 6.35 Å². The fourth-order valence-corrected chi connectivity index (χ4v) is 0.650. The van der Waals surface area contributed by atoms with Crippen LogP contribution >= 0.6 is 0 Å². The highest BCUT2D eigenvalue weighted by Crippen LogP contribution is 1.98. The lowest BCUT2D eigenvalue weighted by atomic mass is 10.2. The number of aliphatic hydroxyl groups excluding tert-OH is 1. The number of aliphatic hydroxyl groups is 1. The van der Waals surface area contributed by atoms with Crippen molar-refractivity contribution < 1.29 is 5.11 Å². The molecule has 2 atom stereocenters. The maximum Gasteiger partial charge on any atom is 0.182 e. The SMILES string of the molecule is CC1=CNC(O)NC1N. The van der Waals surface area contributed by atoms with Crippen molar-refractivity contribution >= 4 is 0 Å². The number of hydrogen-bond donors (Lipinski definition) is 4. The van der Waals surface area contributed by atoms with E-state index in [-0.39, 0.29) is 6.17 Å². The molecule has 0 aromatic carbocycles. The highest BCUT2D eigenvalue weighted by molar-refractivity contribution is 5.07. The molecule has 0 aromatic heterocycles. The zero-order valence-corrected chi connectivity index (χ0v) is 5.26. The van der Waals surface area contributed by atoms with Crippen molar-refractivity contribution in [1.82, 2.24) is 10.6 Å². The van der Waals surface area contributed by atoms with Crippen molar-refractivity contribution in [2.75, 3.05) is 0 Å². The summed E-state index contributed by atoms with van der Waals surface area (Å²) in [7, 11) is 0. The summed E-state index contributed by atoms with van der Waals surface area (Å²) in [5, 5.41) is 14.2. The highest BCUT2D eigenvalue weighted by atomic mass is 16.3. The molecule has 1 rings (SSSR count). The van der Waals surface area contributed by atoms with Crippen LogP contribution in [0.2, 0.25) is 0 Å². The van der Waals surface area contributed by atoms with Gasteiger partial charge in [-0.15, -0.1) is 0 Å². The number of nitrogens with one attached hydrogen (secondary N) is 2. The second-order valence-electron chi connectivity index (χ2n) is 2.10. The molecule has 9 heavy (non-hydrogen) atoms. The zero-order valence-electron chi connectivity index (χ0n) is 5.26. The minimum Gasteiger partial charge on any atom is -0.361 e. The van der Waals surface area contributed by atoms with Gasteiger partial charge >= 0.3 is 0 Å². The lowest BCUT2D eigenvalue weighted by molar-refractivity contribution is 0.0997. The molecular formula is C5H11N3O. The number of rotatable bonds is 0. The molecule has 0 amide bonds. The Morgan fingerprint density at radius 2 is 2.44 bits per heavy atom. The first-order valence-corrected chi connectivity index (χ1v) is 2.82. The van der Waals surface area contributed by atoms with Crippen LogP contribution in [0.5, 0.6) is 0 Å². The molecule has 0 radical (unpaired) electrons. The van der Waals surface area contributed by atoms with Crippen LogP contribution in [0, 0.1) is 0 Å². The van der Waals surface area contributed by atoms with Gasteiger partial charge in [-0.05, 0) is 12.5 Å². The molecule has 5 N–H and O–H groups in total. The molecule has 4 heteroatoms. The zero-order chi connectivity index (χ0) is 6.85. The molecule has 0 aliphatic carbocycles. The van der Waals surface area contributed by atoms with Gasteiger partial charge < -0.3 is 16.2 Å². The van der Waals surface area contributed by atoms with Crippen molar-refractivity contribution in [3.63, 3.8) is 0 Å². The van der Waals surface area contributed by atoms with Crippen LogP contribution in [0.25, 0.3) is 0 Å². The summed E-state index contributed by atoms with van der Waals surface area (Å²) in [5.74, 6) is 0. The Morgan fingerprint density at radius 1 is 1.78 bits per heavy atom. The Kier molecular flexibility index (Phi) is 1.70. The van der Waals surface area contributed by atoms with Gasteiger partial charge in [0.25, 0.3) is 0 Å². The first-order chi connectivity index (χ1) is 4.20. The normalized spacial score (nSPS) is 35.2. The molecule has 0 bridgehead atoms. The minimum absolute atomic E-state index is 0.221. The van der Waals surface area contributed by atoms with Crippen LogP contribution < -0.4 is 16.4 Å². The molecule has 2 unspecified atom stereocenters. The summed E-state index contributed by atoms with van der Waals surface area (Å²) < 4.78 is 0. The minimum atomic E-state index is -0.705. The van der Waals surface area contributed by atoms with E-state index in [2.05, 4.69) is 10.6 Å². The summed E-state index contributed by atoms with van der Waals surface area (Å²) in [5.41, 5.74) is 6.48. The molecule has 1 heterocycles. The summed E-state index contributed by atoms with van der Waals surface area (Å²) in [6.45, 7) is 1.89. The Morgan fingerprint density at radius 3 is 2.89 bits per heavy atom. The summed E-state index contributed by atoms with van der Waals surface area (Å²) in [6.07, 6.45) is 0.774. The fourth-order valence-electron chi connectivity index (χ4n) is 0.650. The van der Waals surface area contributed by atoms with Crippen LogP contribution in [-0.4, -0.2) is 17.6 Å². The van der Waals surface area contributed by atoms with E-state index in [1.165, 1.54) is 0 Å². The van der Waals surface area contributed by atoms with Gasteiger partial charge in [-0.3, -0.25) is 5.32 Å². The van der Waals surface area contributed by atoms with Gasteiger partial charge in [0, 0.05) is 6.20 Å². The van der Waals surface area contributed by atoms with E-state index in [0.29, 0.717) is 0 Å². The molecule has 0 aromatic rings.